The molecule has 0 aliphatic heterocycles. The lowest BCUT2D eigenvalue weighted by atomic mass is 10.1. The second-order valence-corrected chi connectivity index (χ2v) is 6.04. The molecule has 0 spiro atoms. The van der Waals surface area contributed by atoms with Crippen LogP contribution in [0.3, 0.4) is 0 Å². The Morgan fingerprint density at radius 3 is 2.40 bits per heavy atom. The van der Waals surface area contributed by atoms with Crippen LogP contribution in [0.15, 0.2) is 66.9 Å². The van der Waals surface area contributed by atoms with Gasteiger partial charge >= 0.3 is 0 Å². The number of amides is 1. The van der Waals surface area contributed by atoms with E-state index in [0.29, 0.717) is 17.8 Å². The number of carbonyl (C=O) groups is 1. The molecule has 0 saturated carbocycles. The molecule has 0 radical (unpaired) electrons. The predicted molar refractivity (Wildman–Crippen MR) is 102 cm³/mol. The first-order valence-corrected chi connectivity index (χ1v) is 8.24. The first-order chi connectivity index (χ1) is 12.1. The van der Waals surface area contributed by atoms with Crippen LogP contribution in [0.25, 0.3) is 0 Å². The van der Waals surface area contributed by atoms with E-state index in [4.69, 9.17) is 0 Å². The fourth-order valence-corrected chi connectivity index (χ4v) is 2.50. The van der Waals surface area contributed by atoms with Crippen LogP contribution in [-0.4, -0.2) is 10.9 Å². The highest BCUT2D eigenvalue weighted by molar-refractivity contribution is 6.05. The molecule has 0 aliphatic carbocycles. The minimum Gasteiger partial charge on any atom is -0.366 e. The third-order valence-corrected chi connectivity index (χ3v) is 4.01. The van der Waals surface area contributed by atoms with Gasteiger partial charge in [-0.25, -0.2) is 4.98 Å². The molecule has 0 fully saturated rings. The van der Waals surface area contributed by atoms with Crippen molar-refractivity contribution in [2.24, 2.45) is 0 Å². The van der Waals surface area contributed by atoms with Crippen molar-refractivity contribution in [3.05, 3.63) is 89.1 Å². The molecule has 3 aromatic rings. The number of aromatic nitrogens is 1. The van der Waals surface area contributed by atoms with Gasteiger partial charge in [0.15, 0.2) is 0 Å². The number of pyridine rings is 1. The molecule has 126 valence electrons. The topological polar surface area (TPSA) is 54.0 Å². The SMILES string of the molecule is Cc1ccc(CNc2ccc(NC(=O)c3ccccc3C)cn2)cc1. The number of rotatable bonds is 5. The lowest BCUT2D eigenvalue weighted by Gasteiger charge is -2.09. The summed E-state index contributed by atoms with van der Waals surface area (Å²) in [5.41, 5.74) is 4.74. The Hall–Kier alpha value is -3.14. The first kappa shape index (κ1) is 16.7. The molecule has 0 saturated heterocycles. The second-order valence-electron chi connectivity index (χ2n) is 6.04. The van der Waals surface area contributed by atoms with E-state index in [1.165, 1.54) is 11.1 Å². The van der Waals surface area contributed by atoms with Crippen molar-refractivity contribution in [2.75, 3.05) is 10.6 Å². The van der Waals surface area contributed by atoms with E-state index in [1.54, 1.807) is 6.20 Å². The van der Waals surface area contributed by atoms with Crippen LogP contribution >= 0.6 is 0 Å². The standard InChI is InChI=1S/C21H21N3O/c1-15-7-9-17(10-8-15)13-22-20-12-11-18(14-23-20)24-21(25)19-6-4-3-5-16(19)2/h3-12,14H,13H2,1-2H3,(H,22,23)(H,24,25). The van der Waals surface area contributed by atoms with Gasteiger partial charge < -0.3 is 10.6 Å². The molecule has 4 heteroatoms. The Balaban J connectivity index is 1.59. The summed E-state index contributed by atoms with van der Waals surface area (Å²) in [5.74, 6) is 0.648. The van der Waals surface area contributed by atoms with Gasteiger partial charge in [-0.1, -0.05) is 48.0 Å². The van der Waals surface area contributed by atoms with Crippen molar-refractivity contribution in [2.45, 2.75) is 20.4 Å². The highest BCUT2D eigenvalue weighted by Crippen LogP contribution is 2.14. The van der Waals surface area contributed by atoms with Crippen LogP contribution < -0.4 is 10.6 Å². The minimum absolute atomic E-state index is 0.125. The van der Waals surface area contributed by atoms with Gasteiger partial charge in [0.2, 0.25) is 0 Å². The number of hydrogen-bond acceptors (Lipinski definition) is 3. The highest BCUT2D eigenvalue weighted by atomic mass is 16.1. The molecule has 1 amide bonds. The summed E-state index contributed by atoms with van der Waals surface area (Å²) < 4.78 is 0. The maximum atomic E-state index is 12.3. The zero-order chi connectivity index (χ0) is 17.6. The van der Waals surface area contributed by atoms with Crippen LogP contribution in [0.5, 0.6) is 0 Å². The van der Waals surface area contributed by atoms with Crippen molar-refractivity contribution in [3.8, 4) is 0 Å². The molecular formula is C21H21N3O. The zero-order valence-corrected chi connectivity index (χ0v) is 14.4. The van der Waals surface area contributed by atoms with Gasteiger partial charge in [0.05, 0.1) is 11.9 Å². The summed E-state index contributed by atoms with van der Waals surface area (Å²) in [4.78, 5) is 16.7. The summed E-state index contributed by atoms with van der Waals surface area (Å²) in [6, 6.07) is 19.6. The van der Waals surface area contributed by atoms with E-state index in [2.05, 4.69) is 46.8 Å². The Morgan fingerprint density at radius 2 is 1.72 bits per heavy atom. The van der Waals surface area contributed by atoms with Crippen molar-refractivity contribution >= 4 is 17.4 Å². The van der Waals surface area contributed by atoms with Gasteiger partial charge in [-0.15, -0.1) is 0 Å². The van der Waals surface area contributed by atoms with Crippen LogP contribution in [-0.2, 0) is 6.54 Å². The lowest BCUT2D eigenvalue weighted by Crippen LogP contribution is -2.13. The Kier molecular flexibility index (Phi) is 5.09. The molecule has 1 aromatic heterocycles. The predicted octanol–water partition coefficient (Wildman–Crippen LogP) is 4.56. The fraction of sp³-hybridized carbons (Fsp3) is 0.143. The Labute approximate surface area is 147 Å². The summed E-state index contributed by atoms with van der Waals surface area (Å²) >= 11 is 0. The van der Waals surface area contributed by atoms with Crippen LogP contribution in [0.1, 0.15) is 27.0 Å². The maximum Gasteiger partial charge on any atom is 0.255 e. The summed E-state index contributed by atoms with van der Waals surface area (Å²) in [6.07, 6.45) is 1.66. The largest absolute Gasteiger partial charge is 0.366 e. The number of nitrogens with zero attached hydrogens (tertiary/aromatic N) is 1. The van der Waals surface area contributed by atoms with Crippen molar-refractivity contribution in [1.29, 1.82) is 0 Å². The Morgan fingerprint density at radius 1 is 0.960 bits per heavy atom. The summed E-state index contributed by atoms with van der Waals surface area (Å²) in [5, 5.41) is 6.15. The van der Waals surface area contributed by atoms with Crippen LogP contribution in [0.4, 0.5) is 11.5 Å². The molecule has 0 unspecified atom stereocenters. The zero-order valence-electron chi connectivity index (χ0n) is 14.4. The number of anilines is 2. The van der Waals surface area contributed by atoms with Crippen molar-refractivity contribution in [3.63, 3.8) is 0 Å². The van der Waals surface area contributed by atoms with E-state index < -0.39 is 0 Å². The van der Waals surface area contributed by atoms with E-state index in [0.717, 1.165) is 11.4 Å². The number of carbonyl (C=O) groups excluding carboxylic acids is 1. The molecule has 0 bridgehead atoms. The smallest absolute Gasteiger partial charge is 0.255 e. The molecule has 0 aliphatic rings. The van der Waals surface area contributed by atoms with E-state index in [-0.39, 0.29) is 5.91 Å². The summed E-state index contributed by atoms with van der Waals surface area (Å²) in [7, 11) is 0. The van der Waals surface area contributed by atoms with E-state index >= 15 is 0 Å². The third kappa shape index (κ3) is 4.44. The number of benzene rings is 2. The highest BCUT2D eigenvalue weighted by Gasteiger charge is 2.08. The molecule has 1 heterocycles. The van der Waals surface area contributed by atoms with Gasteiger partial charge in [-0.3, -0.25) is 4.79 Å². The van der Waals surface area contributed by atoms with Gasteiger partial charge in [-0.05, 0) is 43.2 Å². The first-order valence-electron chi connectivity index (χ1n) is 8.24. The maximum absolute atomic E-state index is 12.3. The van der Waals surface area contributed by atoms with Crippen LogP contribution in [0.2, 0.25) is 0 Å². The van der Waals surface area contributed by atoms with E-state index in [9.17, 15) is 4.79 Å². The number of nitrogens with one attached hydrogen (secondary N) is 2. The van der Waals surface area contributed by atoms with Gasteiger partial charge in [0.25, 0.3) is 5.91 Å². The fourth-order valence-electron chi connectivity index (χ4n) is 2.50. The molecular weight excluding hydrogens is 310 g/mol. The molecule has 25 heavy (non-hydrogen) atoms. The van der Waals surface area contributed by atoms with Gasteiger partial charge in [0.1, 0.15) is 5.82 Å². The molecule has 4 nitrogen and oxygen atoms in total. The van der Waals surface area contributed by atoms with Crippen LogP contribution in [0, 0.1) is 13.8 Å². The van der Waals surface area contributed by atoms with Gasteiger partial charge in [0, 0.05) is 12.1 Å². The van der Waals surface area contributed by atoms with Crippen molar-refractivity contribution < 1.29 is 4.79 Å². The molecule has 3 rings (SSSR count). The molecule has 2 aromatic carbocycles. The average molecular weight is 331 g/mol. The average Bonchev–Trinajstić information content (AvgIpc) is 2.63. The minimum atomic E-state index is -0.125. The lowest BCUT2D eigenvalue weighted by molar-refractivity contribution is 0.102. The normalized spacial score (nSPS) is 10.3. The Bertz CT molecular complexity index is 855. The van der Waals surface area contributed by atoms with Crippen molar-refractivity contribution in [1.82, 2.24) is 4.98 Å². The molecule has 2 N–H and O–H groups in total. The second kappa shape index (κ2) is 7.62. The number of aryl methyl sites for hydroxylation is 2. The molecule has 0 atom stereocenters. The van der Waals surface area contributed by atoms with Gasteiger partial charge in [-0.2, -0.15) is 0 Å². The summed E-state index contributed by atoms with van der Waals surface area (Å²) in [6.45, 7) is 4.70. The number of hydrogen-bond donors (Lipinski definition) is 2. The monoisotopic (exact) mass is 331 g/mol. The van der Waals surface area contributed by atoms with E-state index in [1.807, 2.05) is 43.3 Å². The quantitative estimate of drug-likeness (QED) is 0.720. The third-order valence-electron chi connectivity index (χ3n) is 4.01.